The van der Waals surface area contributed by atoms with Crippen molar-refractivity contribution in [1.29, 1.82) is 0 Å². The molecule has 0 bridgehead atoms. The highest BCUT2D eigenvalue weighted by Crippen LogP contribution is 2.38. The minimum absolute atomic E-state index is 0.181. The van der Waals surface area contributed by atoms with Gasteiger partial charge in [-0.1, -0.05) is 11.6 Å². The second-order valence-electron chi connectivity index (χ2n) is 5.78. The number of hydrogen-bond acceptors (Lipinski definition) is 6. The standard InChI is InChI=1S/C17H18ClN3O5/c1-9-15(10(2)21(3)20-9)19-14(22)8-26-17(23)11-6-12(18)16-13(7-11)24-4-5-25-16/h6-7H,4-5,8H2,1-3H3,(H,19,22). The average Bonchev–Trinajstić information content (AvgIpc) is 2.86. The summed E-state index contributed by atoms with van der Waals surface area (Å²) >= 11 is 6.10. The fourth-order valence-corrected chi connectivity index (χ4v) is 2.84. The largest absolute Gasteiger partial charge is 0.486 e. The number of esters is 1. The van der Waals surface area contributed by atoms with Crippen molar-refractivity contribution < 1.29 is 23.8 Å². The Morgan fingerprint density at radius 1 is 1.31 bits per heavy atom. The maximum absolute atomic E-state index is 12.2. The van der Waals surface area contributed by atoms with Gasteiger partial charge in [0.2, 0.25) is 0 Å². The van der Waals surface area contributed by atoms with E-state index in [2.05, 4.69) is 10.4 Å². The van der Waals surface area contributed by atoms with E-state index in [0.717, 1.165) is 5.69 Å². The van der Waals surface area contributed by atoms with Gasteiger partial charge in [-0.2, -0.15) is 5.10 Å². The summed E-state index contributed by atoms with van der Waals surface area (Å²) in [5.74, 6) is -0.364. The van der Waals surface area contributed by atoms with Crippen LogP contribution in [0.3, 0.4) is 0 Å². The lowest BCUT2D eigenvalue weighted by atomic mass is 10.2. The second-order valence-corrected chi connectivity index (χ2v) is 6.18. The molecular formula is C17H18ClN3O5. The highest BCUT2D eigenvalue weighted by atomic mass is 35.5. The molecule has 0 atom stereocenters. The van der Waals surface area contributed by atoms with E-state index in [1.165, 1.54) is 12.1 Å². The number of halogens is 1. The van der Waals surface area contributed by atoms with Crippen LogP contribution in [-0.2, 0) is 16.6 Å². The number of rotatable bonds is 4. The van der Waals surface area contributed by atoms with E-state index < -0.39 is 18.5 Å². The van der Waals surface area contributed by atoms with Crippen LogP contribution in [0.1, 0.15) is 21.7 Å². The quantitative estimate of drug-likeness (QED) is 0.819. The third kappa shape index (κ3) is 3.60. The summed E-state index contributed by atoms with van der Waals surface area (Å²) in [5, 5.41) is 7.16. The van der Waals surface area contributed by atoms with Gasteiger partial charge < -0.3 is 19.5 Å². The fraction of sp³-hybridized carbons (Fsp3) is 0.353. The van der Waals surface area contributed by atoms with Gasteiger partial charge in [0.15, 0.2) is 18.1 Å². The molecule has 0 spiro atoms. The number of hydrogen-bond donors (Lipinski definition) is 1. The average molecular weight is 380 g/mol. The number of aromatic nitrogens is 2. The summed E-state index contributed by atoms with van der Waals surface area (Å²) in [6, 6.07) is 2.90. The Labute approximate surface area is 155 Å². The molecule has 0 saturated heterocycles. The van der Waals surface area contributed by atoms with Crippen molar-refractivity contribution in [2.45, 2.75) is 13.8 Å². The highest BCUT2D eigenvalue weighted by Gasteiger charge is 2.21. The molecule has 3 rings (SSSR count). The Balaban J connectivity index is 1.63. The zero-order valence-corrected chi connectivity index (χ0v) is 15.3. The molecule has 1 amide bonds. The molecule has 8 nitrogen and oxygen atoms in total. The van der Waals surface area contributed by atoms with E-state index in [-0.39, 0.29) is 10.6 Å². The number of nitrogens with zero attached hydrogens (tertiary/aromatic N) is 2. The van der Waals surface area contributed by atoms with E-state index in [1.54, 1.807) is 18.7 Å². The molecule has 9 heteroatoms. The first-order valence-corrected chi connectivity index (χ1v) is 8.31. The molecule has 2 heterocycles. The summed E-state index contributed by atoms with van der Waals surface area (Å²) in [6.07, 6.45) is 0. The Kier molecular flexibility index (Phi) is 5.03. The predicted molar refractivity (Wildman–Crippen MR) is 94.0 cm³/mol. The molecular weight excluding hydrogens is 362 g/mol. The van der Waals surface area contributed by atoms with Crippen LogP contribution in [0.5, 0.6) is 11.5 Å². The maximum Gasteiger partial charge on any atom is 0.338 e. The molecule has 1 aromatic heterocycles. The van der Waals surface area contributed by atoms with Gasteiger partial charge in [-0.15, -0.1) is 0 Å². The van der Waals surface area contributed by atoms with Crippen molar-refractivity contribution in [1.82, 2.24) is 9.78 Å². The Morgan fingerprint density at radius 2 is 2.04 bits per heavy atom. The molecule has 26 heavy (non-hydrogen) atoms. The van der Waals surface area contributed by atoms with Crippen LogP contribution in [0.4, 0.5) is 5.69 Å². The van der Waals surface area contributed by atoms with Gasteiger partial charge in [0.05, 0.1) is 27.7 Å². The number of ether oxygens (including phenoxy) is 3. The Morgan fingerprint density at radius 3 is 2.73 bits per heavy atom. The number of carbonyl (C=O) groups excluding carboxylic acids is 2. The van der Waals surface area contributed by atoms with E-state index in [4.69, 9.17) is 25.8 Å². The molecule has 1 aliphatic heterocycles. The van der Waals surface area contributed by atoms with Crippen molar-refractivity contribution >= 4 is 29.2 Å². The van der Waals surface area contributed by atoms with Crippen LogP contribution < -0.4 is 14.8 Å². The predicted octanol–water partition coefficient (Wildman–Crippen LogP) is 2.26. The van der Waals surface area contributed by atoms with E-state index in [1.807, 2.05) is 6.92 Å². The number of fused-ring (bicyclic) bond motifs is 1. The minimum Gasteiger partial charge on any atom is -0.486 e. The van der Waals surface area contributed by atoms with Crippen LogP contribution in [0.25, 0.3) is 0 Å². The van der Waals surface area contributed by atoms with Crippen LogP contribution in [-0.4, -0.2) is 41.5 Å². The third-order valence-electron chi connectivity index (χ3n) is 3.94. The van der Waals surface area contributed by atoms with Gasteiger partial charge in [-0.25, -0.2) is 4.79 Å². The minimum atomic E-state index is -0.682. The molecule has 2 aromatic rings. The number of benzene rings is 1. The smallest absolute Gasteiger partial charge is 0.338 e. The lowest BCUT2D eigenvalue weighted by Gasteiger charge is -2.19. The van der Waals surface area contributed by atoms with Crippen molar-refractivity contribution in [3.63, 3.8) is 0 Å². The van der Waals surface area contributed by atoms with Crippen LogP contribution in [0, 0.1) is 13.8 Å². The topological polar surface area (TPSA) is 91.7 Å². The molecule has 1 N–H and O–H groups in total. The zero-order valence-electron chi connectivity index (χ0n) is 14.6. The third-order valence-corrected chi connectivity index (χ3v) is 4.22. The Bertz CT molecular complexity index is 878. The summed E-state index contributed by atoms with van der Waals surface area (Å²) in [4.78, 5) is 24.3. The van der Waals surface area contributed by atoms with Crippen LogP contribution in [0.15, 0.2) is 12.1 Å². The zero-order chi connectivity index (χ0) is 18.8. The van der Waals surface area contributed by atoms with Crippen LogP contribution >= 0.6 is 11.6 Å². The number of anilines is 1. The number of aryl methyl sites for hydroxylation is 2. The molecule has 0 saturated carbocycles. The summed E-state index contributed by atoms with van der Waals surface area (Å²) < 4.78 is 17.5. The maximum atomic E-state index is 12.2. The lowest BCUT2D eigenvalue weighted by molar-refractivity contribution is -0.119. The molecule has 138 valence electrons. The van der Waals surface area contributed by atoms with Crippen molar-refractivity contribution in [2.75, 3.05) is 25.1 Å². The molecule has 0 aliphatic carbocycles. The SMILES string of the molecule is Cc1nn(C)c(C)c1NC(=O)COC(=O)c1cc(Cl)c2c(c1)OCCO2. The summed E-state index contributed by atoms with van der Waals surface area (Å²) in [6.45, 7) is 3.95. The number of carbonyl (C=O) groups is 2. The van der Waals surface area contributed by atoms with Crippen LogP contribution in [0.2, 0.25) is 5.02 Å². The highest BCUT2D eigenvalue weighted by molar-refractivity contribution is 6.32. The fourth-order valence-electron chi connectivity index (χ4n) is 2.57. The first kappa shape index (κ1) is 18.1. The summed E-state index contributed by atoms with van der Waals surface area (Å²) in [5.41, 5.74) is 2.28. The van der Waals surface area contributed by atoms with Gasteiger partial charge >= 0.3 is 5.97 Å². The Hall–Kier alpha value is -2.74. The monoisotopic (exact) mass is 379 g/mol. The van der Waals surface area contributed by atoms with Gasteiger partial charge in [-0.05, 0) is 26.0 Å². The summed E-state index contributed by atoms with van der Waals surface area (Å²) in [7, 11) is 1.78. The molecule has 1 aliphatic rings. The molecule has 0 fully saturated rings. The van der Waals surface area contributed by atoms with E-state index in [9.17, 15) is 9.59 Å². The molecule has 0 unspecified atom stereocenters. The number of nitrogens with one attached hydrogen (secondary N) is 1. The van der Waals surface area contributed by atoms with Gasteiger partial charge in [0, 0.05) is 7.05 Å². The lowest BCUT2D eigenvalue weighted by Crippen LogP contribution is -2.22. The van der Waals surface area contributed by atoms with Crippen molar-refractivity contribution in [3.8, 4) is 11.5 Å². The van der Waals surface area contributed by atoms with Gasteiger partial charge in [0.25, 0.3) is 5.91 Å². The second kappa shape index (κ2) is 7.25. The van der Waals surface area contributed by atoms with Gasteiger partial charge in [0.1, 0.15) is 13.2 Å². The molecule has 0 radical (unpaired) electrons. The van der Waals surface area contributed by atoms with Crippen molar-refractivity contribution in [2.24, 2.45) is 7.05 Å². The first-order chi connectivity index (χ1) is 12.4. The van der Waals surface area contributed by atoms with E-state index in [0.29, 0.717) is 36.1 Å². The molecule has 1 aromatic carbocycles. The first-order valence-electron chi connectivity index (χ1n) is 7.93. The van der Waals surface area contributed by atoms with E-state index >= 15 is 0 Å². The van der Waals surface area contributed by atoms with Gasteiger partial charge in [-0.3, -0.25) is 9.48 Å². The number of amides is 1. The van der Waals surface area contributed by atoms with Crippen molar-refractivity contribution in [3.05, 3.63) is 34.1 Å². The normalized spacial score (nSPS) is 12.6.